The number of para-hydroxylation sites is 1. The van der Waals surface area contributed by atoms with Crippen LogP contribution in [0, 0.1) is 0 Å². The Balaban J connectivity index is 0.00000208. The lowest BCUT2D eigenvalue weighted by Crippen LogP contribution is -2.41. The first-order chi connectivity index (χ1) is 11.4. The summed E-state index contributed by atoms with van der Waals surface area (Å²) < 4.78 is 5.62. The predicted molar refractivity (Wildman–Crippen MR) is 109 cm³/mol. The van der Waals surface area contributed by atoms with Crippen LogP contribution in [0.3, 0.4) is 0 Å². The summed E-state index contributed by atoms with van der Waals surface area (Å²) in [4.78, 5) is 8.76. The summed E-state index contributed by atoms with van der Waals surface area (Å²) in [6.07, 6.45) is 5.37. The van der Waals surface area contributed by atoms with E-state index in [0.29, 0.717) is 6.10 Å². The smallest absolute Gasteiger partial charge is 0.191 e. The molecular weight excluding hydrogens is 415 g/mol. The number of halogens is 1. The third-order valence-corrected chi connectivity index (χ3v) is 4.15. The molecule has 1 aliphatic rings. The maximum Gasteiger partial charge on any atom is 0.191 e. The summed E-state index contributed by atoms with van der Waals surface area (Å²) >= 11 is 0. The molecule has 6 heteroatoms. The van der Waals surface area contributed by atoms with Gasteiger partial charge in [-0.3, -0.25) is 9.98 Å². The molecule has 130 valence electrons. The minimum Gasteiger partial charge on any atom is -0.376 e. The van der Waals surface area contributed by atoms with E-state index in [1.165, 1.54) is 10.9 Å². The van der Waals surface area contributed by atoms with Gasteiger partial charge in [0.1, 0.15) is 0 Å². The number of hydrogen-bond acceptors (Lipinski definition) is 3. The quantitative estimate of drug-likeness (QED) is 0.427. The fourth-order valence-electron chi connectivity index (χ4n) is 2.92. The molecule has 0 bridgehead atoms. The van der Waals surface area contributed by atoms with Crippen LogP contribution in [0.5, 0.6) is 0 Å². The van der Waals surface area contributed by atoms with Crippen molar-refractivity contribution in [3.8, 4) is 0 Å². The molecule has 1 aliphatic heterocycles. The van der Waals surface area contributed by atoms with Crippen molar-refractivity contribution in [3.05, 3.63) is 42.1 Å². The maximum absolute atomic E-state index is 5.62. The lowest BCUT2D eigenvalue weighted by Gasteiger charge is -2.15. The van der Waals surface area contributed by atoms with Gasteiger partial charge >= 0.3 is 0 Å². The second-order valence-corrected chi connectivity index (χ2v) is 5.76. The van der Waals surface area contributed by atoms with Gasteiger partial charge < -0.3 is 15.4 Å². The van der Waals surface area contributed by atoms with E-state index in [4.69, 9.17) is 4.74 Å². The largest absolute Gasteiger partial charge is 0.376 e. The average Bonchev–Trinajstić information content (AvgIpc) is 3.11. The topological polar surface area (TPSA) is 58.5 Å². The number of nitrogens with zero attached hydrogens (tertiary/aromatic N) is 2. The van der Waals surface area contributed by atoms with Crippen LogP contribution in [0.15, 0.2) is 41.5 Å². The molecule has 0 aliphatic carbocycles. The van der Waals surface area contributed by atoms with Gasteiger partial charge in [-0.1, -0.05) is 24.3 Å². The first kappa shape index (κ1) is 18.9. The van der Waals surface area contributed by atoms with E-state index in [2.05, 4.69) is 44.9 Å². The van der Waals surface area contributed by atoms with Gasteiger partial charge in [0.25, 0.3) is 0 Å². The molecule has 2 N–H and O–H groups in total. The molecule has 0 radical (unpaired) electrons. The van der Waals surface area contributed by atoms with Crippen LogP contribution in [0.25, 0.3) is 10.9 Å². The molecule has 1 saturated heterocycles. The Bertz CT molecular complexity index is 666. The normalized spacial score (nSPS) is 17.5. The number of benzene rings is 1. The number of guanidine groups is 1. The minimum atomic E-state index is 0. The lowest BCUT2D eigenvalue weighted by atomic mass is 10.1. The monoisotopic (exact) mass is 440 g/mol. The number of nitrogens with one attached hydrogen (secondary N) is 2. The van der Waals surface area contributed by atoms with E-state index in [-0.39, 0.29) is 24.0 Å². The number of fused-ring (bicyclic) bond motifs is 1. The molecule has 1 unspecified atom stereocenters. The van der Waals surface area contributed by atoms with E-state index in [1.807, 2.05) is 12.3 Å². The zero-order valence-corrected chi connectivity index (χ0v) is 16.3. The van der Waals surface area contributed by atoms with Gasteiger partial charge in [-0.2, -0.15) is 0 Å². The van der Waals surface area contributed by atoms with Crippen molar-refractivity contribution < 1.29 is 4.74 Å². The number of hydrogen-bond donors (Lipinski definition) is 2. The summed E-state index contributed by atoms with van der Waals surface area (Å²) in [5.74, 6) is 0.827. The molecule has 1 fully saturated rings. The van der Waals surface area contributed by atoms with E-state index in [0.717, 1.165) is 50.4 Å². The first-order valence-corrected chi connectivity index (χ1v) is 8.25. The first-order valence-electron chi connectivity index (χ1n) is 8.25. The van der Waals surface area contributed by atoms with Crippen LogP contribution in [0.2, 0.25) is 0 Å². The molecule has 1 aromatic carbocycles. The molecule has 3 rings (SSSR count). The Morgan fingerprint density at radius 1 is 1.29 bits per heavy atom. The fourth-order valence-corrected chi connectivity index (χ4v) is 2.92. The Morgan fingerprint density at radius 3 is 2.96 bits per heavy atom. The number of pyridine rings is 1. The summed E-state index contributed by atoms with van der Waals surface area (Å²) in [6, 6.07) is 10.4. The molecule has 5 nitrogen and oxygen atoms in total. The highest BCUT2D eigenvalue weighted by atomic mass is 127. The summed E-state index contributed by atoms with van der Waals surface area (Å²) in [5.41, 5.74) is 2.34. The van der Waals surface area contributed by atoms with Crippen LogP contribution in [-0.2, 0) is 11.2 Å². The van der Waals surface area contributed by atoms with E-state index in [1.54, 1.807) is 7.05 Å². The van der Waals surface area contributed by atoms with Crippen molar-refractivity contribution in [2.45, 2.75) is 25.4 Å². The van der Waals surface area contributed by atoms with E-state index in [9.17, 15) is 0 Å². The molecule has 2 aromatic rings. The van der Waals surface area contributed by atoms with Gasteiger partial charge in [0, 0.05) is 38.3 Å². The molecular formula is C18H25IN4O. The number of aromatic nitrogens is 1. The Morgan fingerprint density at radius 2 is 2.17 bits per heavy atom. The lowest BCUT2D eigenvalue weighted by molar-refractivity contribution is 0.114. The zero-order chi connectivity index (χ0) is 15.9. The van der Waals surface area contributed by atoms with Crippen LogP contribution < -0.4 is 10.6 Å². The van der Waals surface area contributed by atoms with Gasteiger partial charge in [0.15, 0.2) is 5.96 Å². The van der Waals surface area contributed by atoms with E-state index >= 15 is 0 Å². The SMILES string of the molecule is CN=C(NCCc1cccc2cccnc12)NCC1CCCO1.I. The minimum absolute atomic E-state index is 0. The van der Waals surface area contributed by atoms with Crippen molar-refractivity contribution in [3.63, 3.8) is 0 Å². The Hall–Kier alpha value is -1.41. The van der Waals surface area contributed by atoms with Gasteiger partial charge in [-0.15, -0.1) is 24.0 Å². The number of rotatable bonds is 5. The highest BCUT2D eigenvalue weighted by Crippen LogP contribution is 2.16. The molecule has 0 amide bonds. The third kappa shape index (κ3) is 5.04. The average molecular weight is 440 g/mol. The molecule has 1 atom stereocenters. The highest BCUT2D eigenvalue weighted by molar-refractivity contribution is 14.0. The van der Waals surface area contributed by atoms with Gasteiger partial charge in [0.05, 0.1) is 11.6 Å². The van der Waals surface area contributed by atoms with Crippen LogP contribution in [0.4, 0.5) is 0 Å². The number of aliphatic imine (C=N–C) groups is 1. The molecule has 24 heavy (non-hydrogen) atoms. The van der Waals surface area contributed by atoms with Gasteiger partial charge in [-0.25, -0.2) is 0 Å². The number of ether oxygens (including phenoxy) is 1. The Labute approximate surface area is 160 Å². The summed E-state index contributed by atoms with van der Waals surface area (Å²) in [6.45, 7) is 2.52. The van der Waals surface area contributed by atoms with E-state index < -0.39 is 0 Å². The van der Waals surface area contributed by atoms with Crippen molar-refractivity contribution >= 4 is 40.8 Å². The van der Waals surface area contributed by atoms with Crippen molar-refractivity contribution in [2.75, 3.05) is 26.7 Å². The second-order valence-electron chi connectivity index (χ2n) is 5.76. The van der Waals surface area contributed by atoms with Gasteiger partial charge in [0.2, 0.25) is 0 Å². The molecule has 2 heterocycles. The van der Waals surface area contributed by atoms with Crippen molar-refractivity contribution in [1.82, 2.24) is 15.6 Å². The van der Waals surface area contributed by atoms with Crippen LogP contribution >= 0.6 is 24.0 Å². The van der Waals surface area contributed by atoms with Crippen LogP contribution in [0.1, 0.15) is 18.4 Å². The standard InChI is InChI=1S/C18H24N4O.HI/c1-19-18(22-13-16-8-4-12-23-16)21-11-9-15-6-2-5-14-7-3-10-20-17(14)15;/h2-3,5-7,10,16H,4,8-9,11-13H2,1H3,(H2,19,21,22);1H. The van der Waals surface area contributed by atoms with Crippen LogP contribution in [-0.4, -0.2) is 43.8 Å². The summed E-state index contributed by atoms with van der Waals surface area (Å²) in [7, 11) is 1.80. The molecule has 1 aromatic heterocycles. The Kier molecular flexibility index (Phi) is 7.71. The second kappa shape index (κ2) is 9.78. The van der Waals surface area contributed by atoms with Crippen molar-refractivity contribution in [2.24, 2.45) is 4.99 Å². The van der Waals surface area contributed by atoms with Crippen molar-refractivity contribution in [1.29, 1.82) is 0 Å². The third-order valence-electron chi connectivity index (χ3n) is 4.15. The fraction of sp³-hybridized carbons (Fsp3) is 0.444. The molecule has 0 saturated carbocycles. The maximum atomic E-state index is 5.62. The van der Waals surface area contributed by atoms with Gasteiger partial charge in [-0.05, 0) is 30.9 Å². The highest BCUT2D eigenvalue weighted by Gasteiger charge is 2.15. The predicted octanol–water partition coefficient (Wildman–Crippen LogP) is 2.74. The zero-order valence-electron chi connectivity index (χ0n) is 14.0. The molecule has 0 spiro atoms. The summed E-state index contributed by atoms with van der Waals surface area (Å²) in [5, 5.41) is 7.88.